The van der Waals surface area contributed by atoms with Gasteiger partial charge in [0.05, 0.1) is 21.3 Å². The lowest BCUT2D eigenvalue weighted by atomic mass is 10.1. The van der Waals surface area contributed by atoms with Crippen LogP contribution in [-0.2, 0) is 10.2 Å². The van der Waals surface area contributed by atoms with Gasteiger partial charge in [-0.05, 0) is 40.3 Å². The van der Waals surface area contributed by atoms with Crippen molar-refractivity contribution in [1.29, 1.82) is 0 Å². The Morgan fingerprint density at radius 1 is 1.34 bits per heavy atom. The van der Waals surface area contributed by atoms with Crippen molar-refractivity contribution >= 4 is 39.7 Å². The van der Waals surface area contributed by atoms with Crippen molar-refractivity contribution in [2.45, 2.75) is 50.6 Å². The van der Waals surface area contributed by atoms with Gasteiger partial charge in [-0.25, -0.2) is 14.8 Å². The third-order valence-corrected chi connectivity index (χ3v) is 8.11. The molecule has 0 radical (unpaired) electrons. The molecule has 3 N–H and O–H groups in total. The number of carbonyl (C=O) groups excluding carboxylic acids is 2. The highest BCUT2D eigenvalue weighted by molar-refractivity contribution is 7.19. The van der Waals surface area contributed by atoms with E-state index < -0.39 is 11.9 Å². The van der Waals surface area contributed by atoms with E-state index in [0.29, 0.717) is 18.1 Å². The molecule has 156 valence electrons. The summed E-state index contributed by atoms with van der Waals surface area (Å²) in [4.78, 5) is 38.5. The first-order valence-corrected chi connectivity index (χ1v) is 11.3. The standard InChI is InChI=1S/C19H26N6O2S2/c1-10-14(12-9-28-16(22-12)19(2)5-6-19)29-17(21-10)23-18(27)25-8-11(24(3)4)7-13(25)15(20)26/h9,11,13H,5-8H2,1-4H3,(H2,20,26)(H,21,23,27)/t11-,13-/m0/s1. The Morgan fingerprint density at radius 3 is 2.69 bits per heavy atom. The SMILES string of the molecule is Cc1nc(NC(=O)N2C[C@@H](N(C)C)C[C@H]2C(N)=O)sc1-c1csc(C2(C)CC2)n1. The molecule has 2 aromatic rings. The number of hydrogen-bond acceptors (Lipinski definition) is 7. The fraction of sp³-hybridized carbons (Fsp3) is 0.579. The van der Waals surface area contributed by atoms with Gasteiger partial charge in [-0.2, -0.15) is 0 Å². The number of rotatable bonds is 5. The van der Waals surface area contributed by atoms with Gasteiger partial charge in [0.15, 0.2) is 5.13 Å². The fourth-order valence-corrected chi connectivity index (χ4v) is 5.61. The van der Waals surface area contributed by atoms with Crippen molar-refractivity contribution in [3.05, 3.63) is 16.1 Å². The Hall–Kier alpha value is -2.04. The Balaban J connectivity index is 1.50. The lowest BCUT2D eigenvalue weighted by Crippen LogP contribution is -2.45. The maximum atomic E-state index is 12.8. The molecule has 2 aliphatic rings. The zero-order valence-corrected chi connectivity index (χ0v) is 18.7. The van der Waals surface area contributed by atoms with Crippen LogP contribution in [0, 0.1) is 6.92 Å². The van der Waals surface area contributed by atoms with E-state index in [4.69, 9.17) is 10.7 Å². The van der Waals surface area contributed by atoms with Crippen LogP contribution < -0.4 is 11.1 Å². The zero-order valence-electron chi connectivity index (χ0n) is 17.1. The molecule has 0 unspecified atom stereocenters. The molecule has 10 heteroatoms. The molecule has 0 aromatic carbocycles. The van der Waals surface area contributed by atoms with E-state index in [1.165, 1.54) is 34.1 Å². The number of amides is 3. The Labute approximate surface area is 178 Å². The summed E-state index contributed by atoms with van der Waals surface area (Å²) in [5, 5.41) is 6.59. The van der Waals surface area contributed by atoms with E-state index >= 15 is 0 Å². The van der Waals surface area contributed by atoms with Crippen molar-refractivity contribution in [3.63, 3.8) is 0 Å². The van der Waals surface area contributed by atoms with Gasteiger partial charge in [0.1, 0.15) is 6.04 Å². The number of likely N-dealkylation sites (N-methyl/N-ethyl adjacent to an activating group) is 1. The molecule has 2 aromatic heterocycles. The number of nitrogens with two attached hydrogens (primary N) is 1. The van der Waals surface area contributed by atoms with Crippen molar-refractivity contribution in [2.75, 3.05) is 26.0 Å². The summed E-state index contributed by atoms with van der Waals surface area (Å²) in [5.74, 6) is -0.482. The molecule has 2 fully saturated rings. The summed E-state index contributed by atoms with van der Waals surface area (Å²) >= 11 is 3.10. The molecule has 1 saturated heterocycles. The summed E-state index contributed by atoms with van der Waals surface area (Å²) in [7, 11) is 3.87. The molecule has 29 heavy (non-hydrogen) atoms. The first-order valence-electron chi connectivity index (χ1n) is 9.65. The van der Waals surface area contributed by atoms with Gasteiger partial charge in [0, 0.05) is 23.4 Å². The molecular formula is C19H26N6O2S2. The zero-order chi connectivity index (χ0) is 20.9. The van der Waals surface area contributed by atoms with Crippen molar-refractivity contribution in [1.82, 2.24) is 19.8 Å². The maximum Gasteiger partial charge on any atom is 0.324 e. The fourth-order valence-electron chi connectivity index (χ4n) is 3.59. The van der Waals surface area contributed by atoms with Crippen LogP contribution in [0.3, 0.4) is 0 Å². The van der Waals surface area contributed by atoms with Crippen LogP contribution in [0.15, 0.2) is 5.38 Å². The number of nitrogens with zero attached hydrogens (tertiary/aromatic N) is 4. The van der Waals surface area contributed by atoms with Crippen LogP contribution in [0.4, 0.5) is 9.93 Å². The van der Waals surface area contributed by atoms with Gasteiger partial charge in [0.25, 0.3) is 0 Å². The Morgan fingerprint density at radius 2 is 2.07 bits per heavy atom. The molecule has 1 aliphatic carbocycles. The highest BCUT2D eigenvalue weighted by Crippen LogP contribution is 2.49. The average molecular weight is 435 g/mol. The lowest BCUT2D eigenvalue weighted by Gasteiger charge is -2.22. The summed E-state index contributed by atoms with van der Waals surface area (Å²) < 4.78 is 0. The summed E-state index contributed by atoms with van der Waals surface area (Å²) in [6, 6.07) is -0.852. The summed E-state index contributed by atoms with van der Waals surface area (Å²) in [5.41, 5.74) is 7.52. The van der Waals surface area contributed by atoms with Gasteiger partial charge >= 0.3 is 6.03 Å². The van der Waals surface area contributed by atoms with E-state index in [1.807, 2.05) is 25.9 Å². The highest BCUT2D eigenvalue weighted by Gasteiger charge is 2.42. The summed E-state index contributed by atoms with van der Waals surface area (Å²) in [6.07, 6.45) is 2.92. The third kappa shape index (κ3) is 3.88. The predicted molar refractivity (Wildman–Crippen MR) is 115 cm³/mol. The number of anilines is 1. The second-order valence-corrected chi connectivity index (χ2v) is 10.2. The molecule has 3 amide bonds. The monoisotopic (exact) mass is 434 g/mol. The molecule has 1 saturated carbocycles. The molecular weight excluding hydrogens is 408 g/mol. The molecule has 0 spiro atoms. The van der Waals surface area contributed by atoms with Crippen molar-refractivity contribution < 1.29 is 9.59 Å². The van der Waals surface area contributed by atoms with Crippen LogP contribution in [-0.4, -0.2) is 64.4 Å². The molecule has 0 bridgehead atoms. The minimum Gasteiger partial charge on any atom is -0.368 e. The third-order valence-electron chi connectivity index (χ3n) is 5.86. The number of primary amides is 1. The molecule has 2 atom stereocenters. The van der Waals surface area contributed by atoms with Gasteiger partial charge in [-0.1, -0.05) is 18.3 Å². The quantitative estimate of drug-likeness (QED) is 0.753. The van der Waals surface area contributed by atoms with Crippen molar-refractivity contribution in [3.8, 4) is 10.6 Å². The number of aromatic nitrogens is 2. The van der Waals surface area contributed by atoms with Gasteiger partial charge in [0.2, 0.25) is 5.91 Å². The lowest BCUT2D eigenvalue weighted by molar-refractivity contribution is -0.121. The topological polar surface area (TPSA) is 104 Å². The number of nitrogens with one attached hydrogen (secondary N) is 1. The number of carbonyl (C=O) groups is 2. The number of likely N-dealkylation sites (tertiary alicyclic amines) is 1. The summed E-state index contributed by atoms with van der Waals surface area (Å²) in [6.45, 7) is 4.62. The second kappa shape index (κ2) is 7.33. The van der Waals surface area contributed by atoms with Gasteiger partial charge < -0.3 is 15.5 Å². The van der Waals surface area contributed by atoms with E-state index in [2.05, 4.69) is 22.6 Å². The number of thiazole rings is 2. The Bertz CT molecular complexity index is 948. The van der Waals surface area contributed by atoms with Crippen molar-refractivity contribution in [2.24, 2.45) is 5.73 Å². The molecule has 3 heterocycles. The Kier molecular flexibility index (Phi) is 5.12. The van der Waals surface area contributed by atoms with Gasteiger partial charge in [-0.15, -0.1) is 11.3 Å². The molecule has 4 rings (SSSR count). The van der Waals surface area contributed by atoms with Crippen LogP contribution in [0.5, 0.6) is 0 Å². The normalized spacial score (nSPS) is 22.9. The van der Waals surface area contributed by atoms with E-state index in [0.717, 1.165) is 16.3 Å². The van der Waals surface area contributed by atoms with Gasteiger partial charge in [-0.3, -0.25) is 10.1 Å². The van der Waals surface area contributed by atoms with E-state index in [9.17, 15) is 9.59 Å². The van der Waals surface area contributed by atoms with E-state index in [1.54, 1.807) is 11.3 Å². The van der Waals surface area contributed by atoms with Crippen LogP contribution in [0.25, 0.3) is 10.6 Å². The first-order chi connectivity index (χ1) is 13.7. The highest BCUT2D eigenvalue weighted by atomic mass is 32.1. The van der Waals surface area contributed by atoms with Crippen LogP contribution in [0.1, 0.15) is 36.9 Å². The van der Waals surface area contributed by atoms with E-state index in [-0.39, 0.29) is 17.5 Å². The van der Waals surface area contributed by atoms with Crippen LogP contribution in [0.2, 0.25) is 0 Å². The number of aryl methyl sites for hydroxylation is 1. The maximum absolute atomic E-state index is 12.8. The van der Waals surface area contributed by atoms with Crippen LogP contribution >= 0.6 is 22.7 Å². The minimum absolute atomic E-state index is 0.101. The number of urea groups is 1. The smallest absolute Gasteiger partial charge is 0.324 e. The first kappa shape index (κ1) is 20.2. The minimum atomic E-state index is -0.608. The molecule has 1 aliphatic heterocycles. The largest absolute Gasteiger partial charge is 0.368 e. The molecule has 8 nitrogen and oxygen atoms in total. The predicted octanol–water partition coefficient (Wildman–Crippen LogP) is 2.65. The number of hydrogen-bond donors (Lipinski definition) is 2. The second-order valence-electron chi connectivity index (χ2n) is 8.39. The average Bonchev–Trinajstić information content (AvgIpc) is 3.08.